The molecular weight excluding hydrogens is 350 g/mol. The summed E-state index contributed by atoms with van der Waals surface area (Å²) in [5.41, 5.74) is 2.78. The molecule has 4 aromatic rings. The molecule has 0 spiro atoms. The molecular formula is C16H12Se2. The summed E-state index contributed by atoms with van der Waals surface area (Å²) >= 11 is 1.05. The number of hydrogen-bond donors (Lipinski definition) is 0. The van der Waals surface area contributed by atoms with Crippen molar-refractivity contribution in [3.63, 3.8) is 0 Å². The van der Waals surface area contributed by atoms with Gasteiger partial charge in [-0.15, -0.1) is 0 Å². The van der Waals surface area contributed by atoms with Gasteiger partial charge >= 0.3 is 118 Å². The maximum atomic E-state index is 2.39. The van der Waals surface area contributed by atoms with Crippen molar-refractivity contribution < 1.29 is 0 Å². The number of aryl methyl sites for hydroxylation is 2. The molecule has 0 saturated heterocycles. The van der Waals surface area contributed by atoms with Crippen molar-refractivity contribution in [3.8, 4) is 0 Å². The fourth-order valence-electron chi connectivity index (χ4n) is 2.49. The van der Waals surface area contributed by atoms with Gasteiger partial charge in [-0.25, -0.2) is 0 Å². The second-order valence-corrected chi connectivity index (χ2v) is 9.28. The van der Waals surface area contributed by atoms with E-state index in [1.807, 2.05) is 0 Å². The van der Waals surface area contributed by atoms with Crippen LogP contribution in [-0.4, -0.2) is 29.0 Å². The Labute approximate surface area is 118 Å². The van der Waals surface area contributed by atoms with E-state index in [1.54, 1.807) is 27.8 Å². The van der Waals surface area contributed by atoms with Crippen molar-refractivity contribution in [2.24, 2.45) is 0 Å². The standard InChI is InChI=1S/C16H12Se2/c1-9-3-5-13-11(7-9)15-16(17-13)12-8-10(2)4-6-14(12)18-15/h3-8H,1-2H3. The minimum absolute atomic E-state index is 0.527. The number of hydrogen-bond acceptors (Lipinski definition) is 0. The fraction of sp³-hybridized carbons (Fsp3) is 0.125. The van der Waals surface area contributed by atoms with Gasteiger partial charge < -0.3 is 0 Å². The molecule has 4 rings (SSSR count). The van der Waals surface area contributed by atoms with Crippen LogP contribution in [0.4, 0.5) is 0 Å². The molecule has 0 N–H and O–H groups in total. The van der Waals surface area contributed by atoms with Crippen LogP contribution < -0.4 is 0 Å². The van der Waals surface area contributed by atoms with Gasteiger partial charge in [0.2, 0.25) is 0 Å². The first-order chi connectivity index (χ1) is 8.72. The van der Waals surface area contributed by atoms with Crippen LogP contribution in [-0.2, 0) is 0 Å². The van der Waals surface area contributed by atoms with Gasteiger partial charge in [0, 0.05) is 0 Å². The molecule has 0 bridgehead atoms. The molecule has 2 aromatic heterocycles. The third-order valence-electron chi connectivity index (χ3n) is 3.39. The summed E-state index contributed by atoms with van der Waals surface area (Å²) in [6.45, 7) is 4.40. The predicted molar refractivity (Wildman–Crippen MR) is 82.3 cm³/mol. The molecule has 0 radical (unpaired) electrons. The zero-order valence-electron chi connectivity index (χ0n) is 10.3. The fourth-order valence-corrected chi connectivity index (χ4v) is 8.70. The van der Waals surface area contributed by atoms with Crippen molar-refractivity contribution in [2.75, 3.05) is 0 Å². The maximum absolute atomic E-state index is 2.39. The molecule has 0 amide bonds. The Kier molecular flexibility index (Phi) is 2.37. The molecule has 0 aliphatic carbocycles. The van der Waals surface area contributed by atoms with Gasteiger partial charge in [0.05, 0.1) is 0 Å². The molecule has 0 aliphatic heterocycles. The molecule has 0 aliphatic rings. The third-order valence-corrected chi connectivity index (χ3v) is 9.10. The summed E-state index contributed by atoms with van der Waals surface area (Å²) in [6, 6.07) is 14.0. The van der Waals surface area contributed by atoms with E-state index in [2.05, 4.69) is 50.2 Å². The van der Waals surface area contributed by atoms with Gasteiger partial charge in [-0.05, 0) is 0 Å². The summed E-state index contributed by atoms with van der Waals surface area (Å²) in [5.74, 6) is 0. The van der Waals surface area contributed by atoms with Crippen LogP contribution in [0.25, 0.3) is 27.8 Å². The molecule has 0 unspecified atom stereocenters. The molecule has 2 heteroatoms. The first-order valence-electron chi connectivity index (χ1n) is 6.04. The van der Waals surface area contributed by atoms with Crippen molar-refractivity contribution in [2.45, 2.75) is 13.8 Å². The number of fused-ring (bicyclic) bond motifs is 5. The van der Waals surface area contributed by atoms with Crippen molar-refractivity contribution in [1.82, 2.24) is 0 Å². The Hall–Kier alpha value is -0.781. The first kappa shape index (κ1) is 11.1. The van der Waals surface area contributed by atoms with Crippen LogP contribution in [0.2, 0.25) is 0 Å². The molecule has 0 fully saturated rings. The van der Waals surface area contributed by atoms with Gasteiger partial charge in [0.1, 0.15) is 0 Å². The van der Waals surface area contributed by atoms with E-state index in [1.165, 1.54) is 11.1 Å². The Morgan fingerprint density at radius 1 is 0.667 bits per heavy atom. The Morgan fingerprint density at radius 2 is 1.11 bits per heavy atom. The van der Waals surface area contributed by atoms with E-state index in [4.69, 9.17) is 0 Å². The SMILES string of the molecule is Cc1ccc2[se]c3c4cc(C)ccc4[se]c3c2c1. The van der Waals surface area contributed by atoms with Gasteiger partial charge in [-0.3, -0.25) is 0 Å². The Balaban J connectivity index is 2.26. The first-order valence-corrected chi connectivity index (χ1v) is 9.47. The Morgan fingerprint density at radius 3 is 1.56 bits per heavy atom. The van der Waals surface area contributed by atoms with Crippen molar-refractivity contribution in [3.05, 3.63) is 47.5 Å². The average molecular weight is 362 g/mol. The van der Waals surface area contributed by atoms with Crippen molar-refractivity contribution in [1.29, 1.82) is 0 Å². The number of rotatable bonds is 0. The summed E-state index contributed by atoms with van der Waals surface area (Å²) in [5, 5.41) is 3.11. The van der Waals surface area contributed by atoms with Crippen LogP contribution in [0.5, 0.6) is 0 Å². The molecule has 0 atom stereocenters. The quantitative estimate of drug-likeness (QED) is 0.417. The van der Waals surface area contributed by atoms with E-state index in [0.29, 0.717) is 29.0 Å². The minimum atomic E-state index is 0.527. The molecule has 2 heterocycles. The molecule has 0 nitrogen and oxygen atoms in total. The third kappa shape index (κ3) is 1.50. The average Bonchev–Trinajstić information content (AvgIpc) is 2.86. The monoisotopic (exact) mass is 364 g/mol. The zero-order valence-corrected chi connectivity index (χ0v) is 13.7. The van der Waals surface area contributed by atoms with E-state index in [-0.39, 0.29) is 0 Å². The predicted octanol–water partition coefficient (Wildman–Crippen LogP) is 3.88. The molecule has 18 heavy (non-hydrogen) atoms. The van der Waals surface area contributed by atoms with Crippen LogP contribution in [0, 0.1) is 13.8 Å². The van der Waals surface area contributed by atoms with Crippen LogP contribution in [0.3, 0.4) is 0 Å². The van der Waals surface area contributed by atoms with Crippen molar-refractivity contribution >= 4 is 56.8 Å². The van der Waals surface area contributed by atoms with Gasteiger partial charge in [-0.1, -0.05) is 0 Å². The van der Waals surface area contributed by atoms with E-state index in [9.17, 15) is 0 Å². The van der Waals surface area contributed by atoms with E-state index < -0.39 is 0 Å². The summed E-state index contributed by atoms with van der Waals surface area (Å²) in [4.78, 5) is 0. The Bertz CT molecular complexity index is 818. The second-order valence-electron chi connectivity index (χ2n) is 4.86. The summed E-state index contributed by atoms with van der Waals surface area (Å²) in [6.07, 6.45) is 0. The van der Waals surface area contributed by atoms with Crippen LogP contribution in [0.15, 0.2) is 36.4 Å². The summed E-state index contributed by atoms with van der Waals surface area (Å²) in [7, 11) is 0. The second kappa shape index (κ2) is 3.85. The summed E-state index contributed by atoms with van der Waals surface area (Å²) < 4.78 is 6.52. The van der Waals surface area contributed by atoms with Crippen LogP contribution in [0.1, 0.15) is 11.1 Å². The molecule has 0 saturated carbocycles. The topological polar surface area (TPSA) is 0 Å². The molecule has 2 aromatic carbocycles. The number of benzene rings is 2. The van der Waals surface area contributed by atoms with Crippen LogP contribution >= 0.6 is 0 Å². The van der Waals surface area contributed by atoms with Gasteiger partial charge in [0.15, 0.2) is 0 Å². The van der Waals surface area contributed by atoms with Gasteiger partial charge in [-0.2, -0.15) is 0 Å². The molecule has 88 valence electrons. The van der Waals surface area contributed by atoms with E-state index in [0.717, 1.165) is 0 Å². The van der Waals surface area contributed by atoms with Gasteiger partial charge in [0.25, 0.3) is 0 Å². The normalized spacial score (nSPS) is 11.9. The van der Waals surface area contributed by atoms with E-state index >= 15 is 0 Å². The zero-order chi connectivity index (χ0) is 12.3.